The molecular formula is C12H19N3. The number of nitrogens with zero attached hydrogens (tertiary/aromatic N) is 1. The molecule has 2 rings (SSSR count). The molecule has 0 bridgehead atoms. The highest BCUT2D eigenvalue weighted by Crippen LogP contribution is 2.63. The van der Waals surface area contributed by atoms with E-state index in [2.05, 4.69) is 37.1 Å². The molecule has 0 aromatic heterocycles. The van der Waals surface area contributed by atoms with E-state index in [1.165, 1.54) is 0 Å². The first-order valence-corrected chi connectivity index (χ1v) is 5.57. The third kappa shape index (κ3) is 1.53. The summed E-state index contributed by atoms with van der Waals surface area (Å²) < 4.78 is 0. The van der Waals surface area contributed by atoms with E-state index in [1.807, 2.05) is 6.92 Å². The van der Waals surface area contributed by atoms with E-state index in [0.29, 0.717) is 17.4 Å². The highest BCUT2D eigenvalue weighted by atomic mass is 15.1. The zero-order valence-electron chi connectivity index (χ0n) is 9.67. The van der Waals surface area contributed by atoms with E-state index < -0.39 is 0 Å². The molecule has 0 aromatic carbocycles. The number of hydrogen-bond donors (Lipinski definition) is 2. The summed E-state index contributed by atoms with van der Waals surface area (Å²) in [7, 11) is 0. The van der Waals surface area contributed by atoms with Crippen LogP contribution >= 0.6 is 0 Å². The molecule has 0 unspecified atom stereocenters. The van der Waals surface area contributed by atoms with E-state index in [9.17, 15) is 0 Å². The summed E-state index contributed by atoms with van der Waals surface area (Å²) in [6.45, 7) is 11.6. The first-order chi connectivity index (χ1) is 6.98. The van der Waals surface area contributed by atoms with Crippen LogP contribution in [0.2, 0.25) is 0 Å². The summed E-state index contributed by atoms with van der Waals surface area (Å²) in [6, 6.07) is 2.36. The molecule has 1 saturated heterocycles. The van der Waals surface area contributed by atoms with Crippen molar-refractivity contribution in [1.82, 2.24) is 10.6 Å². The Balaban J connectivity index is 1.96. The standard InChI is InChI=1S/C12H19N3/c1-7(5-13)15-8(2)11-10-9(6-14-11)12(10,3)4/h7,9-11,14-15H,2,6H2,1,3-4H3/t7-,9-,10-,11+/m0/s1. The summed E-state index contributed by atoms with van der Waals surface area (Å²) in [6.07, 6.45) is 0. The molecule has 15 heavy (non-hydrogen) atoms. The monoisotopic (exact) mass is 205 g/mol. The molecule has 82 valence electrons. The minimum absolute atomic E-state index is 0.153. The molecule has 2 aliphatic rings. The average Bonchev–Trinajstić information content (AvgIpc) is 2.62. The largest absolute Gasteiger partial charge is 0.373 e. The van der Waals surface area contributed by atoms with Crippen LogP contribution in [0.4, 0.5) is 0 Å². The summed E-state index contributed by atoms with van der Waals surface area (Å²) in [5.74, 6) is 1.49. The number of hydrogen-bond acceptors (Lipinski definition) is 3. The van der Waals surface area contributed by atoms with Crippen molar-refractivity contribution in [3.05, 3.63) is 12.3 Å². The molecule has 2 N–H and O–H groups in total. The van der Waals surface area contributed by atoms with E-state index in [-0.39, 0.29) is 6.04 Å². The van der Waals surface area contributed by atoms with Gasteiger partial charge in [0.2, 0.25) is 0 Å². The van der Waals surface area contributed by atoms with Crippen molar-refractivity contribution in [1.29, 1.82) is 5.26 Å². The molecule has 4 atom stereocenters. The van der Waals surface area contributed by atoms with E-state index in [1.54, 1.807) is 0 Å². The van der Waals surface area contributed by atoms with Gasteiger partial charge in [-0.15, -0.1) is 0 Å². The van der Waals surface area contributed by atoms with Crippen LogP contribution in [-0.2, 0) is 0 Å². The van der Waals surface area contributed by atoms with Crippen LogP contribution < -0.4 is 10.6 Å². The maximum absolute atomic E-state index is 8.73. The molecule has 3 heteroatoms. The van der Waals surface area contributed by atoms with Gasteiger partial charge >= 0.3 is 0 Å². The number of rotatable bonds is 3. The second-order valence-corrected chi connectivity index (χ2v) is 5.36. The number of fused-ring (bicyclic) bond motifs is 1. The summed E-state index contributed by atoms with van der Waals surface area (Å²) in [5.41, 5.74) is 1.43. The van der Waals surface area contributed by atoms with Gasteiger partial charge in [0.25, 0.3) is 0 Å². The summed E-state index contributed by atoms with van der Waals surface area (Å²) >= 11 is 0. The molecule has 1 heterocycles. The quantitative estimate of drug-likeness (QED) is 0.729. The Morgan fingerprint density at radius 2 is 2.33 bits per heavy atom. The van der Waals surface area contributed by atoms with Gasteiger partial charge < -0.3 is 10.6 Å². The zero-order chi connectivity index (χ0) is 11.2. The van der Waals surface area contributed by atoms with E-state index in [0.717, 1.165) is 18.2 Å². The summed E-state index contributed by atoms with van der Waals surface area (Å²) in [5, 5.41) is 15.3. The first-order valence-electron chi connectivity index (χ1n) is 5.57. The third-order valence-corrected chi connectivity index (χ3v) is 4.03. The highest BCUT2D eigenvalue weighted by molar-refractivity contribution is 5.24. The van der Waals surface area contributed by atoms with E-state index >= 15 is 0 Å². The predicted octanol–water partition coefficient (Wildman–Crippen LogP) is 1.25. The maximum Gasteiger partial charge on any atom is 0.111 e. The van der Waals surface area contributed by atoms with Crippen molar-refractivity contribution in [2.45, 2.75) is 32.9 Å². The number of piperidine rings is 1. The Labute approximate surface area is 91.5 Å². The molecule has 0 radical (unpaired) electrons. The van der Waals surface area contributed by atoms with Crippen LogP contribution in [0, 0.1) is 28.6 Å². The second kappa shape index (κ2) is 3.24. The normalized spacial score (nSPS) is 37.6. The van der Waals surface area contributed by atoms with Gasteiger partial charge in [-0.1, -0.05) is 20.4 Å². The Bertz CT molecular complexity index is 326. The maximum atomic E-state index is 8.73. The Kier molecular flexibility index (Phi) is 2.27. The number of nitrogens with one attached hydrogen (secondary N) is 2. The fraction of sp³-hybridized carbons (Fsp3) is 0.750. The van der Waals surface area contributed by atoms with Crippen LogP contribution in [0.15, 0.2) is 12.3 Å². The highest BCUT2D eigenvalue weighted by Gasteiger charge is 2.64. The van der Waals surface area contributed by atoms with Crippen LogP contribution in [0.3, 0.4) is 0 Å². The summed E-state index contributed by atoms with van der Waals surface area (Å²) in [4.78, 5) is 0. The van der Waals surface area contributed by atoms with Crippen LogP contribution in [0.1, 0.15) is 20.8 Å². The fourth-order valence-electron chi connectivity index (χ4n) is 2.96. The Morgan fingerprint density at radius 3 is 2.80 bits per heavy atom. The van der Waals surface area contributed by atoms with E-state index in [4.69, 9.17) is 5.26 Å². The van der Waals surface area contributed by atoms with Crippen molar-refractivity contribution < 1.29 is 0 Å². The average molecular weight is 205 g/mol. The molecule has 1 saturated carbocycles. The molecular weight excluding hydrogens is 186 g/mol. The molecule has 2 fully saturated rings. The van der Waals surface area contributed by atoms with Gasteiger partial charge in [-0.3, -0.25) is 0 Å². The molecule has 1 aliphatic heterocycles. The zero-order valence-corrected chi connectivity index (χ0v) is 9.67. The Morgan fingerprint density at radius 1 is 1.67 bits per heavy atom. The first kappa shape index (κ1) is 10.5. The molecule has 1 aliphatic carbocycles. The SMILES string of the molecule is C=C(N[C@@H](C)C#N)[C@H]1NC[C@H]2[C@@H]1C2(C)C. The lowest BCUT2D eigenvalue weighted by Gasteiger charge is -2.23. The van der Waals surface area contributed by atoms with Gasteiger partial charge in [-0.2, -0.15) is 5.26 Å². The van der Waals surface area contributed by atoms with Gasteiger partial charge in [0.1, 0.15) is 6.04 Å². The molecule has 0 spiro atoms. The minimum Gasteiger partial charge on any atom is -0.373 e. The lowest BCUT2D eigenvalue weighted by molar-refractivity contribution is 0.416. The predicted molar refractivity (Wildman–Crippen MR) is 59.9 cm³/mol. The molecule has 3 nitrogen and oxygen atoms in total. The van der Waals surface area contributed by atoms with Gasteiger partial charge in [-0.05, 0) is 30.7 Å². The smallest absolute Gasteiger partial charge is 0.111 e. The lowest BCUT2D eigenvalue weighted by Crippen LogP contribution is -2.39. The van der Waals surface area contributed by atoms with Crippen LogP contribution in [0.25, 0.3) is 0 Å². The lowest BCUT2D eigenvalue weighted by atomic mass is 10.0. The topological polar surface area (TPSA) is 47.9 Å². The van der Waals surface area contributed by atoms with Crippen molar-refractivity contribution in [2.24, 2.45) is 17.3 Å². The fourth-order valence-corrected chi connectivity index (χ4v) is 2.96. The van der Waals surface area contributed by atoms with Crippen LogP contribution in [0.5, 0.6) is 0 Å². The number of nitriles is 1. The van der Waals surface area contributed by atoms with Gasteiger partial charge in [0.05, 0.1) is 12.1 Å². The van der Waals surface area contributed by atoms with Crippen molar-refractivity contribution in [3.63, 3.8) is 0 Å². The third-order valence-electron chi connectivity index (χ3n) is 4.03. The van der Waals surface area contributed by atoms with Gasteiger partial charge in [0, 0.05) is 5.70 Å². The van der Waals surface area contributed by atoms with Crippen LogP contribution in [-0.4, -0.2) is 18.6 Å². The van der Waals surface area contributed by atoms with Gasteiger partial charge in [-0.25, -0.2) is 0 Å². The van der Waals surface area contributed by atoms with Gasteiger partial charge in [0.15, 0.2) is 0 Å². The van der Waals surface area contributed by atoms with Crippen molar-refractivity contribution in [3.8, 4) is 6.07 Å². The molecule has 0 aromatic rings. The molecule has 0 amide bonds. The minimum atomic E-state index is -0.153. The van der Waals surface area contributed by atoms with Crippen molar-refractivity contribution >= 4 is 0 Å². The Hall–Kier alpha value is -1.01. The van der Waals surface area contributed by atoms with Crippen molar-refractivity contribution in [2.75, 3.05) is 6.54 Å². The second-order valence-electron chi connectivity index (χ2n) is 5.36.